The fourth-order valence-electron chi connectivity index (χ4n) is 3.49. The molecule has 2 aliphatic rings. The van der Waals surface area contributed by atoms with Crippen molar-refractivity contribution in [2.75, 3.05) is 0 Å². The summed E-state index contributed by atoms with van der Waals surface area (Å²) in [7, 11) is 0. The summed E-state index contributed by atoms with van der Waals surface area (Å²) in [5.41, 5.74) is 2.29. The number of carboxylic acids is 1. The van der Waals surface area contributed by atoms with Crippen LogP contribution in [0.4, 0.5) is 0 Å². The van der Waals surface area contributed by atoms with E-state index in [-0.39, 0.29) is 0 Å². The SMILES string of the molecule is C=C1CC/C=C(/C(=O)O)CC[C@H]2[C@H]1CC2(C)C. The standard InChI is InChI=1S/C15H22O2/c1-10-5-4-6-11(14(16)17)7-8-13-12(10)9-15(13,2)3/h6,12-13H,1,4-5,7-9H2,2-3H3,(H,16,17)/b11-6+/t12-,13-/m0/s1. The van der Waals surface area contributed by atoms with Gasteiger partial charge in [0.1, 0.15) is 0 Å². The molecular formula is C15H22O2. The molecule has 0 aromatic carbocycles. The van der Waals surface area contributed by atoms with Gasteiger partial charge in [-0.2, -0.15) is 0 Å². The van der Waals surface area contributed by atoms with Gasteiger partial charge >= 0.3 is 5.97 Å². The van der Waals surface area contributed by atoms with E-state index in [1.54, 1.807) is 0 Å². The van der Waals surface area contributed by atoms with Crippen LogP contribution < -0.4 is 0 Å². The van der Waals surface area contributed by atoms with Crippen LogP contribution in [0.1, 0.15) is 46.0 Å². The second-order valence-electron chi connectivity index (χ2n) is 6.18. The summed E-state index contributed by atoms with van der Waals surface area (Å²) in [4.78, 5) is 11.1. The second-order valence-corrected chi connectivity index (χ2v) is 6.18. The Kier molecular flexibility index (Phi) is 3.15. The molecule has 2 atom stereocenters. The summed E-state index contributed by atoms with van der Waals surface area (Å²) in [6.45, 7) is 8.79. The zero-order valence-electron chi connectivity index (χ0n) is 10.8. The fourth-order valence-corrected chi connectivity index (χ4v) is 3.49. The van der Waals surface area contributed by atoms with Gasteiger partial charge in [-0.15, -0.1) is 0 Å². The molecule has 2 heteroatoms. The van der Waals surface area contributed by atoms with Crippen LogP contribution in [0.2, 0.25) is 0 Å². The van der Waals surface area contributed by atoms with Gasteiger partial charge in [-0.1, -0.05) is 32.1 Å². The molecular weight excluding hydrogens is 212 g/mol. The van der Waals surface area contributed by atoms with Crippen molar-refractivity contribution >= 4 is 5.97 Å². The third-order valence-corrected chi connectivity index (χ3v) is 4.62. The number of aliphatic carboxylic acids is 1. The van der Waals surface area contributed by atoms with E-state index >= 15 is 0 Å². The van der Waals surface area contributed by atoms with E-state index in [2.05, 4.69) is 20.4 Å². The van der Waals surface area contributed by atoms with Crippen molar-refractivity contribution < 1.29 is 9.90 Å². The summed E-state index contributed by atoms with van der Waals surface area (Å²) in [6.07, 6.45) is 6.62. The quantitative estimate of drug-likeness (QED) is 0.701. The minimum Gasteiger partial charge on any atom is -0.478 e. The molecule has 0 bridgehead atoms. The molecule has 0 aliphatic heterocycles. The first kappa shape index (κ1) is 12.4. The maximum Gasteiger partial charge on any atom is 0.331 e. The summed E-state index contributed by atoms with van der Waals surface area (Å²) in [5, 5.41) is 9.12. The van der Waals surface area contributed by atoms with Gasteiger partial charge in [0.25, 0.3) is 0 Å². The predicted octanol–water partition coefficient (Wildman–Crippen LogP) is 3.79. The molecule has 1 saturated carbocycles. The van der Waals surface area contributed by atoms with Crippen LogP contribution in [0.5, 0.6) is 0 Å². The molecule has 0 heterocycles. The fraction of sp³-hybridized carbons (Fsp3) is 0.667. The van der Waals surface area contributed by atoms with E-state index in [0.717, 1.165) is 19.3 Å². The molecule has 0 aromatic heterocycles. The highest BCUT2D eigenvalue weighted by Gasteiger charge is 2.47. The predicted molar refractivity (Wildman–Crippen MR) is 68.7 cm³/mol. The van der Waals surface area contributed by atoms with E-state index in [1.807, 2.05) is 6.08 Å². The van der Waals surface area contributed by atoms with Crippen LogP contribution in [0.25, 0.3) is 0 Å². The average Bonchev–Trinajstić information content (AvgIpc) is 2.28. The van der Waals surface area contributed by atoms with Gasteiger partial charge in [-0.25, -0.2) is 4.79 Å². The molecule has 2 nitrogen and oxygen atoms in total. The molecule has 0 aromatic rings. The minimum absolute atomic E-state index is 0.363. The highest BCUT2D eigenvalue weighted by atomic mass is 16.4. The zero-order valence-corrected chi connectivity index (χ0v) is 10.8. The van der Waals surface area contributed by atoms with Crippen molar-refractivity contribution in [1.82, 2.24) is 0 Å². The van der Waals surface area contributed by atoms with Crippen molar-refractivity contribution in [3.05, 3.63) is 23.8 Å². The van der Waals surface area contributed by atoms with Gasteiger partial charge < -0.3 is 5.11 Å². The monoisotopic (exact) mass is 234 g/mol. The Morgan fingerprint density at radius 3 is 2.76 bits per heavy atom. The summed E-state index contributed by atoms with van der Waals surface area (Å²) >= 11 is 0. The number of hydrogen-bond acceptors (Lipinski definition) is 1. The minimum atomic E-state index is -0.744. The van der Waals surface area contributed by atoms with Crippen LogP contribution in [0, 0.1) is 17.3 Å². The first-order valence-corrected chi connectivity index (χ1v) is 6.52. The molecule has 1 N–H and O–H groups in total. The molecule has 94 valence electrons. The molecule has 1 fully saturated rings. The van der Waals surface area contributed by atoms with Crippen molar-refractivity contribution in [1.29, 1.82) is 0 Å². The number of allylic oxidation sites excluding steroid dienone is 2. The first-order valence-electron chi connectivity index (χ1n) is 6.52. The lowest BCUT2D eigenvalue weighted by molar-refractivity contribution is -0.133. The Labute approximate surface area is 103 Å². The van der Waals surface area contributed by atoms with Gasteiger partial charge in [0, 0.05) is 5.57 Å². The first-order chi connectivity index (χ1) is 7.92. The Morgan fingerprint density at radius 2 is 2.18 bits per heavy atom. The summed E-state index contributed by atoms with van der Waals surface area (Å²) in [6, 6.07) is 0. The highest BCUT2D eigenvalue weighted by Crippen LogP contribution is 2.56. The van der Waals surface area contributed by atoms with E-state index < -0.39 is 5.97 Å². The molecule has 0 spiro atoms. The smallest absolute Gasteiger partial charge is 0.331 e. The normalized spacial score (nSPS) is 35.4. The van der Waals surface area contributed by atoms with E-state index in [9.17, 15) is 4.79 Å². The molecule has 0 radical (unpaired) electrons. The van der Waals surface area contributed by atoms with Crippen LogP contribution in [-0.4, -0.2) is 11.1 Å². The number of rotatable bonds is 1. The molecule has 0 saturated heterocycles. The van der Waals surface area contributed by atoms with Gasteiger partial charge in [-0.05, 0) is 49.4 Å². The van der Waals surface area contributed by atoms with Gasteiger partial charge in [0.15, 0.2) is 0 Å². The lowest BCUT2D eigenvalue weighted by Crippen LogP contribution is -2.44. The van der Waals surface area contributed by atoms with Gasteiger partial charge in [-0.3, -0.25) is 0 Å². The van der Waals surface area contributed by atoms with Crippen LogP contribution >= 0.6 is 0 Å². The number of fused-ring (bicyclic) bond motifs is 1. The maximum absolute atomic E-state index is 11.1. The molecule has 0 unspecified atom stereocenters. The highest BCUT2D eigenvalue weighted by molar-refractivity contribution is 5.86. The van der Waals surface area contributed by atoms with Crippen molar-refractivity contribution in [2.24, 2.45) is 17.3 Å². The van der Waals surface area contributed by atoms with E-state index in [1.165, 1.54) is 12.0 Å². The van der Waals surface area contributed by atoms with Gasteiger partial charge in [0.2, 0.25) is 0 Å². The van der Waals surface area contributed by atoms with Crippen molar-refractivity contribution in [3.63, 3.8) is 0 Å². The maximum atomic E-state index is 11.1. The second kappa shape index (κ2) is 4.32. The lowest BCUT2D eigenvalue weighted by Gasteiger charge is -2.53. The Hall–Kier alpha value is -1.05. The summed E-state index contributed by atoms with van der Waals surface area (Å²) in [5.74, 6) is 0.508. The van der Waals surface area contributed by atoms with Crippen molar-refractivity contribution in [3.8, 4) is 0 Å². The number of carbonyl (C=O) groups is 1. The van der Waals surface area contributed by atoms with Crippen LogP contribution in [0.3, 0.4) is 0 Å². The number of carboxylic acid groups (broad SMARTS) is 1. The largest absolute Gasteiger partial charge is 0.478 e. The summed E-state index contributed by atoms with van der Waals surface area (Å²) < 4.78 is 0. The zero-order chi connectivity index (χ0) is 12.6. The third kappa shape index (κ3) is 2.31. The van der Waals surface area contributed by atoms with Crippen LogP contribution in [0.15, 0.2) is 23.8 Å². The van der Waals surface area contributed by atoms with E-state index in [4.69, 9.17) is 5.11 Å². The van der Waals surface area contributed by atoms with Crippen molar-refractivity contribution in [2.45, 2.75) is 46.0 Å². The Bertz CT molecular complexity index is 376. The average molecular weight is 234 g/mol. The Balaban J connectivity index is 2.15. The number of hydrogen-bond donors (Lipinski definition) is 1. The third-order valence-electron chi connectivity index (χ3n) is 4.62. The Morgan fingerprint density at radius 1 is 1.47 bits per heavy atom. The lowest BCUT2D eigenvalue weighted by atomic mass is 9.52. The van der Waals surface area contributed by atoms with Crippen LogP contribution in [-0.2, 0) is 4.79 Å². The van der Waals surface area contributed by atoms with E-state index in [0.29, 0.717) is 29.2 Å². The van der Waals surface area contributed by atoms with Gasteiger partial charge in [0.05, 0.1) is 0 Å². The molecule has 0 amide bonds. The molecule has 2 aliphatic carbocycles. The molecule has 17 heavy (non-hydrogen) atoms. The molecule has 2 rings (SSSR count). The topological polar surface area (TPSA) is 37.3 Å².